The van der Waals surface area contributed by atoms with E-state index in [0.717, 1.165) is 23.1 Å². The van der Waals surface area contributed by atoms with Gasteiger partial charge in [-0.1, -0.05) is 0 Å². The van der Waals surface area contributed by atoms with Crippen LogP contribution in [0.15, 0.2) is 18.5 Å². The van der Waals surface area contributed by atoms with Crippen molar-refractivity contribution in [1.29, 1.82) is 0 Å². The molecule has 0 aromatic carbocycles. The van der Waals surface area contributed by atoms with E-state index in [2.05, 4.69) is 0 Å². The summed E-state index contributed by atoms with van der Waals surface area (Å²) in [6.07, 6.45) is 5.06. The summed E-state index contributed by atoms with van der Waals surface area (Å²) in [6, 6.07) is 1.86. The van der Waals surface area contributed by atoms with Gasteiger partial charge in [-0.15, -0.1) is 0 Å². The lowest BCUT2D eigenvalue weighted by Crippen LogP contribution is -2.28. The highest BCUT2D eigenvalue weighted by Gasteiger charge is 2.46. The second-order valence-corrected chi connectivity index (χ2v) is 4.64. The Balaban J connectivity index is 1.93. The average molecular weight is 219 g/mol. The molecule has 0 amide bonds. The van der Waals surface area contributed by atoms with Crippen LogP contribution < -0.4 is 4.73 Å². The van der Waals surface area contributed by atoms with Gasteiger partial charge in [0.25, 0.3) is 0 Å². The van der Waals surface area contributed by atoms with E-state index in [1.165, 1.54) is 18.7 Å². The first-order chi connectivity index (χ1) is 7.65. The molecule has 16 heavy (non-hydrogen) atoms. The number of pyridine rings is 1. The Labute approximate surface area is 93.4 Å². The third-order valence-corrected chi connectivity index (χ3v) is 3.66. The van der Waals surface area contributed by atoms with Crippen molar-refractivity contribution in [2.24, 2.45) is 0 Å². The normalized spacial score (nSPS) is 30.2. The standard InChI is InChI=1S/C12H13NO3/c1-7(14)16-12-5-8-4-10(12)9-2-3-13(15)6-11(8)9/h2-3,6,8,10,12H,4-5H2,1H3/t8-,10-,12+/m0/s1. The van der Waals surface area contributed by atoms with Crippen molar-refractivity contribution in [3.8, 4) is 0 Å². The number of carbonyl (C=O) groups is 1. The van der Waals surface area contributed by atoms with Gasteiger partial charge in [-0.3, -0.25) is 4.79 Å². The van der Waals surface area contributed by atoms with Crippen molar-refractivity contribution in [3.63, 3.8) is 0 Å². The summed E-state index contributed by atoms with van der Waals surface area (Å²) in [6.45, 7) is 1.45. The Kier molecular flexibility index (Phi) is 1.93. The number of esters is 1. The SMILES string of the molecule is CC(=O)O[C@@H]1C[C@@H]2C[C@H]1c1cc[n+]([O-])cc12. The minimum Gasteiger partial charge on any atom is -0.619 e. The Morgan fingerprint density at radius 3 is 3.06 bits per heavy atom. The Hall–Kier alpha value is -1.58. The number of carbonyl (C=O) groups excluding carboxylic acids is 1. The van der Waals surface area contributed by atoms with E-state index >= 15 is 0 Å². The molecule has 1 aromatic rings. The van der Waals surface area contributed by atoms with Crippen molar-refractivity contribution in [2.75, 3.05) is 0 Å². The number of rotatable bonds is 1. The van der Waals surface area contributed by atoms with E-state index in [4.69, 9.17) is 4.74 Å². The monoisotopic (exact) mass is 219 g/mol. The molecule has 0 aliphatic heterocycles. The zero-order valence-corrected chi connectivity index (χ0v) is 9.05. The number of ether oxygens (including phenoxy) is 1. The molecule has 0 saturated heterocycles. The van der Waals surface area contributed by atoms with Gasteiger partial charge in [-0.05, 0) is 24.3 Å². The second-order valence-electron chi connectivity index (χ2n) is 4.64. The zero-order chi connectivity index (χ0) is 11.3. The van der Waals surface area contributed by atoms with Crippen molar-refractivity contribution >= 4 is 5.97 Å². The molecule has 2 aliphatic carbocycles. The fourth-order valence-corrected chi connectivity index (χ4v) is 3.11. The lowest BCUT2D eigenvalue weighted by Gasteiger charge is -2.23. The molecular formula is C12H13NO3. The van der Waals surface area contributed by atoms with Crippen LogP contribution in [0.1, 0.15) is 42.7 Å². The van der Waals surface area contributed by atoms with Crippen molar-refractivity contribution in [1.82, 2.24) is 0 Å². The molecule has 1 heterocycles. The topological polar surface area (TPSA) is 53.2 Å². The van der Waals surface area contributed by atoms with E-state index in [9.17, 15) is 10.0 Å². The van der Waals surface area contributed by atoms with Crippen LogP contribution in [0, 0.1) is 5.21 Å². The number of nitrogens with zero attached hydrogens (tertiary/aromatic N) is 1. The third-order valence-electron chi connectivity index (χ3n) is 3.66. The molecule has 1 fully saturated rings. The average Bonchev–Trinajstić information content (AvgIpc) is 2.74. The Bertz CT molecular complexity index is 458. The van der Waals surface area contributed by atoms with Gasteiger partial charge in [0.05, 0.1) is 0 Å². The molecule has 2 bridgehead atoms. The predicted octanol–water partition coefficient (Wildman–Crippen LogP) is 1.23. The fraction of sp³-hybridized carbons (Fsp3) is 0.500. The van der Waals surface area contributed by atoms with Crippen LogP contribution in [0.5, 0.6) is 0 Å². The van der Waals surface area contributed by atoms with Crippen LogP contribution in [0.4, 0.5) is 0 Å². The summed E-state index contributed by atoms with van der Waals surface area (Å²) in [4.78, 5) is 11.0. The fourth-order valence-electron chi connectivity index (χ4n) is 3.11. The quantitative estimate of drug-likeness (QED) is 0.405. The molecule has 2 aliphatic rings. The number of fused-ring (bicyclic) bond motifs is 5. The molecule has 84 valence electrons. The number of hydrogen-bond acceptors (Lipinski definition) is 3. The van der Waals surface area contributed by atoms with Gasteiger partial charge in [0, 0.05) is 24.5 Å². The summed E-state index contributed by atoms with van der Waals surface area (Å²) in [5.41, 5.74) is 2.33. The van der Waals surface area contributed by atoms with Crippen LogP contribution >= 0.6 is 0 Å². The molecule has 0 spiro atoms. The van der Waals surface area contributed by atoms with Gasteiger partial charge in [0.1, 0.15) is 6.10 Å². The van der Waals surface area contributed by atoms with Gasteiger partial charge < -0.3 is 9.94 Å². The first-order valence-corrected chi connectivity index (χ1v) is 5.55. The minimum atomic E-state index is -0.214. The molecule has 4 nitrogen and oxygen atoms in total. The van der Waals surface area contributed by atoms with Crippen LogP contribution in [0.25, 0.3) is 0 Å². The van der Waals surface area contributed by atoms with Crippen LogP contribution in [0.3, 0.4) is 0 Å². The highest BCUT2D eigenvalue weighted by Crippen LogP contribution is 2.53. The summed E-state index contributed by atoms with van der Waals surface area (Å²) >= 11 is 0. The first kappa shape index (κ1) is 9.63. The Morgan fingerprint density at radius 2 is 2.31 bits per heavy atom. The Morgan fingerprint density at radius 1 is 1.50 bits per heavy atom. The zero-order valence-electron chi connectivity index (χ0n) is 9.05. The molecule has 3 rings (SSSR count). The molecule has 1 aromatic heterocycles. The summed E-state index contributed by atoms with van der Waals surface area (Å²) in [5, 5.41) is 11.2. The van der Waals surface area contributed by atoms with Crippen LogP contribution in [0.2, 0.25) is 0 Å². The number of hydrogen-bond donors (Lipinski definition) is 0. The molecule has 0 unspecified atom stereocenters. The van der Waals surface area contributed by atoms with Crippen molar-refractivity contribution < 1.29 is 14.3 Å². The van der Waals surface area contributed by atoms with E-state index in [1.807, 2.05) is 6.07 Å². The van der Waals surface area contributed by atoms with Gasteiger partial charge in [-0.25, -0.2) is 0 Å². The number of aromatic nitrogens is 1. The van der Waals surface area contributed by atoms with Gasteiger partial charge in [0.15, 0.2) is 12.4 Å². The lowest BCUT2D eigenvalue weighted by atomic mass is 9.91. The summed E-state index contributed by atoms with van der Waals surface area (Å²) < 4.78 is 6.16. The summed E-state index contributed by atoms with van der Waals surface area (Å²) in [5.74, 6) is 0.477. The maximum atomic E-state index is 11.2. The summed E-state index contributed by atoms with van der Waals surface area (Å²) in [7, 11) is 0. The van der Waals surface area contributed by atoms with Gasteiger partial charge >= 0.3 is 5.97 Å². The maximum Gasteiger partial charge on any atom is 0.302 e. The molecule has 3 atom stereocenters. The molecular weight excluding hydrogens is 206 g/mol. The van der Waals surface area contributed by atoms with Crippen LogP contribution in [-0.2, 0) is 9.53 Å². The van der Waals surface area contributed by atoms with E-state index in [0.29, 0.717) is 11.8 Å². The predicted molar refractivity (Wildman–Crippen MR) is 55.7 cm³/mol. The third kappa shape index (κ3) is 1.29. The smallest absolute Gasteiger partial charge is 0.302 e. The second kappa shape index (κ2) is 3.20. The highest BCUT2D eigenvalue weighted by molar-refractivity contribution is 5.66. The molecule has 4 heteroatoms. The van der Waals surface area contributed by atoms with E-state index in [1.54, 1.807) is 6.20 Å². The lowest BCUT2D eigenvalue weighted by molar-refractivity contribution is -0.606. The van der Waals surface area contributed by atoms with Gasteiger partial charge in [-0.2, -0.15) is 4.73 Å². The highest BCUT2D eigenvalue weighted by atomic mass is 16.5. The first-order valence-electron chi connectivity index (χ1n) is 5.55. The van der Waals surface area contributed by atoms with E-state index in [-0.39, 0.29) is 12.1 Å². The molecule has 1 saturated carbocycles. The molecule has 0 N–H and O–H groups in total. The van der Waals surface area contributed by atoms with E-state index < -0.39 is 0 Å². The largest absolute Gasteiger partial charge is 0.619 e. The van der Waals surface area contributed by atoms with Crippen molar-refractivity contribution in [3.05, 3.63) is 34.8 Å². The minimum absolute atomic E-state index is 0.0116. The van der Waals surface area contributed by atoms with Gasteiger partial charge in [0.2, 0.25) is 0 Å². The van der Waals surface area contributed by atoms with Crippen LogP contribution in [-0.4, -0.2) is 12.1 Å². The maximum absolute atomic E-state index is 11.2. The van der Waals surface area contributed by atoms with Crippen molar-refractivity contribution in [2.45, 2.75) is 37.7 Å². The molecule has 0 radical (unpaired) electrons.